The zero-order valence-electron chi connectivity index (χ0n) is 12.6. The molecule has 3 rings (SSSR count). The molecule has 110 valence electrons. The maximum atomic E-state index is 12.0. The fraction of sp³-hybridized carbons (Fsp3) is 0.111. The van der Waals surface area contributed by atoms with E-state index in [1.165, 1.54) is 6.07 Å². The molecular weight excluding hydrogens is 274 g/mol. The Morgan fingerprint density at radius 1 is 1.00 bits per heavy atom. The molecule has 2 aromatic carbocycles. The Labute approximate surface area is 128 Å². The second-order valence-electron chi connectivity index (χ2n) is 5.37. The van der Waals surface area contributed by atoms with Crippen LogP contribution in [0.25, 0.3) is 22.6 Å². The third-order valence-electron chi connectivity index (χ3n) is 3.72. The van der Waals surface area contributed by atoms with Gasteiger partial charge in [0, 0.05) is 22.9 Å². The van der Waals surface area contributed by atoms with Gasteiger partial charge in [0.15, 0.2) is 0 Å². The van der Waals surface area contributed by atoms with Gasteiger partial charge in [-0.2, -0.15) is 0 Å². The Bertz CT molecular complexity index is 897. The maximum Gasteiger partial charge on any atom is 0.251 e. The van der Waals surface area contributed by atoms with Crippen LogP contribution in [0.1, 0.15) is 11.1 Å². The largest absolute Gasteiger partial charge is 0.398 e. The fourth-order valence-electron chi connectivity index (χ4n) is 2.37. The Kier molecular flexibility index (Phi) is 3.51. The van der Waals surface area contributed by atoms with Crippen molar-refractivity contribution in [2.75, 3.05) is 5.73 Å². The Hall–Kier alpha value is -2.88. The summed E-state index contributed by atoms with van der Waals surface area (Å²) in [6, 6.07) is 15.0. The minimum absolute atomic E-state index is 0.178. The van der Waals surface area contributed by atoms with Crippen molar-refractivity contribution < 1.29 is 0 Å². The highest BCUT2D eigenvalue weighted by Crippen LogP contribution is 2.24. The fourth-order valence-corrected chi connectivity index (χ4v) is 2.37. The number of aryl methyl sites for hydroxylation is 2. The number of rotatable bonds is 2. The molecule has 0 spiro atoms. The minimum Gasteiger partial charge on any atom is -0.398 e. The molecular formula is C18H17N3O. The van der Waals surface area contributed by atoms with Gasteiger partial charge in [-0.25, -0.2) is 4.98 Å². The lowest BCUT2D eigenvalue weighted by atomic mass is 10.1. The van der Waals surface area contributed by atoms with Crippen molar-refractivity contribution >= 4 is 5.69 Å². The number of benzene rings is 2. The van der Waals surface area contributed by atoms with E-state index in [0.717, 1.165) is 22.3 Å². The van der Waals surface area contributed by atoms with Crippen LogP contribution in [0.15, 0.2) is 53.3 Å². The maximum absolute atomic E-state index is 12.0. The summed E-state index contributed by atoms with van der Waals surface area (Å²) in [6.07, 6.45) is 0. The summed E-state index contributed by atoms with van der Waals surface area (Å²) in [5, 5.41) is 0. The number of nitrogen functional groups attached to an aromatic ring is 1. The first-order valence-electron chi connectivity index (χ1n) is 7.08. The van der Waals surface area contributed by atoms with Crippen LogP contribution in [0.4, 0.5) is 5.69 Å². The van der Waals surface area contributed by atoms with Crippen LogP contribution in [0.2, 0.25) is 0 Å². The zero-order chi connectivity index (χ0) is 15.7. The van der Waals surface area contributed by atoms with Crippen LogP contribution < -0.4 is 11.3 Å². The van der Waals surface area contributed by atoms with E-state index >= 15 is 0 Å². The van der Waals surface area contributed by atoms with Crippen LogP contribution in [0.5, 0.6) is 0 Å². The molecule has 0 aliphatic rings. The standard InChI is InChI=1S/C18H17N3O/c1-11-5-3-4-6-14(11)18-20-16(10-17(22)21-18)13-8-7-12(2)15(19)9-13/h3-10H,19H2,1-2H3,(H,20,21,22). The van der Waals surface area contributed by atoms with Crippen molar-refractivity contribution in [2.45, 2.75) is 13.8 Å². The predicted molar refractivity (Wildman–Crippen MR) is 89.6 cm³/mol. The van der Waals surface area contributed by atoms with Gasteiger partial charge in [-0.1, -0.05) is 36.4 Å². The highest BCUT2D eigenvalue weighted by molar-refractivity contribution is 5.68. The summed E-state index contributed by atoms with van der Waals surface area (Å²) in [5.74, 6) is 0.569. The summed E-state index contributed by atoms with van der Waals surface area (Å²) in [4.78, 5) is 19.4. The van der Waals surface area contributed by atoms with Gasteiger partial charge in [0.1, 0.15) is 5.82 Å². The molecule has 0 atom stereocenters. The van der Waals surface area contributed by atoms with E-state index in [1.807, 2.05) is 56.3 Å². The molecule has 3 aromatic rings. The number of nitrogens with zero attached hydrogens (tertiary/aromatic N) is 1. The van der Waals surface area contributed by atoms with Gasteiger partial charge in [-0.15, -0.1) is 0 Å². The number of hydrogen-bond donors (Lipinski definition) is 2. The Balaban J connectivity index is 2.17. The van der Waals surface area contributed by atoms with Gasteiger partial charge in [0.05, 0.1) is 5.69 Å². The average Bonchev–Trinajstić information content (AvgIpc) is 2.50. The molecule has 4 heteroatoms. The number of aromatic amines is 1. The molecule has 4 nitrogen and oxygen atoms in total. The van der Waals surface area contributed by atoms with E-state index in [2.05, 4.69) is 9.97 Å². The molecule has 0 aliphatic heterocycles. The molecule has 0 amide bonds. The second-order valence-corrected chi connectivity index (χ2v) is 5.37. The van der Waals surface area contributed by atoms with Gasteiger partial charge < -0.3 is 10.7 Å². The molecule has 0 radical (unpaired) electrons. The normalized spacial score (nSPS) is 10.6. The van der Waals surface area contributed by atoms with E-state index < -0.39 is 0 Å². The molecule has 22 heavy (non-hydrogen) atoms. The lowest BCUT2D eigenvalue weighted by Gasteiger charge is -2.08. The van der Waals surface area contributed by atoms with Gasteiger partial charge in [-0.3, -0.25) is 4.79 Å². The van der Waals surface area contributed by atoms with Crippen molar-refractivity contribution in [1.82, 2.24) is 9.97 Å². The van der Waals surface area contributed by atoms with Gasteiger partial charge in [-0.05, 0) is 31.0 Å². The van der Waals surface area contributed by atoms with Crippen molar-refractivity contribution in [2.24, 2.45) is 0 Å². The number of anilines is 1. The first-order chi connectivity index (χ1) is 10.5. The van der Waals surface area contributed by atoms with Crippen LogP contribution in [-0.4, -0.2) is 9.97 Å². The molecule has 0 saturated heterocycles. The molecule has 3 N–H and O–H groups in total. The summed E-state index contributed by atoms with van der Waals surface area (Å²) in [7, 11) is 0. The topological polar surface area (TPSA) is 71.8 Å². The van der Waals surface area contributed by atoms with Gasteiger partial charge in [0.2, 0.25) is 0 Å². The molecule has 0 bridgehead atoms. The van der Waals surface area contributed by atoms with E-state index in [1.54, 1.807) is 0 Å². The van der Waals surface area contributed by atoms with Crippen molar-refractivity contribution in [3.05, 3.63) is 70.0 Å². The number of nitrogens with one attached hydrogen (secondary N) is 1. The van der Waals surface area contributed by atoms with Crippen LogP contribution in [-0.2, 0) is 0 Å². The summed E-state index contributed by atoms with van der Waals surface area (Å²) < 4.78 is 0. The van der Waals surface area contributed by atoms with Crippen molar-refractivity contribution in [3.8, 4) is 22.6 Å². The Morgan fingerprint density at radius 2 is 1.77 bits per heavy atom. The Morgan fingerprint density at radius 3 is 2.50 bits per heavy atom. The first kappa shape index (κ1) is 14.1. The SMILES string of the molecule is Cc1ccc(-c2cc(=O)[nH]c(-c3ccccc3C)n2)cc1N. The molecule has 0 unspecified atom stereocenters. The lowest BCUT2D eigenvalue weighted by molar-refractivity contribution is 1.13. The second kappa shape index (κ2) is 5.48. The van der Waals surface area contributed by atoms with Crippen LogP contribution in [0, 0.1) is 13.8 Å². The lowest BCUT2D eigenvalue weighted by Crippen LogP contribution is -2.09. The third-order valence-corrected chi connectivity index (χ3v) is 3.72. The van der Waals surface area contributed by atoms with Crippen molar-refractivity contribution in [3.63, 3.8) is 0 Å². The summed E-state index contributed by atoms with van der Waals surface area (Å²) >= 11 is 0. The third kappa shape index (κ3) is 2.63. The summed E-state index contributed by atoms with van der Waals surface area (Å²) in [5.41, 5.74) is 10.9. The molecule has 1 heterocycles. The quantitative estimate of drug-likeness (QED) is 0.712. The van der Waals surface area contributed by atoms with Crippen molar-refractivity contribution in [1.29, 1.82) is 0 Å². The minimum atomic E-state index is -0.178. The smallest absolute Gasteiger partial charge is 0.251 e. The molecule has 1 aromatic heterocycles. The number of nitrogens with two attached hydrogens (primary N) is 1. The molecule has 0 saturated carbocycles. The average molecular weight is 291 g/mol. The predicted octanol–water partition coefficient (Wildman–Crippen LogP) is 3.30. The van der Waals surface area contributed by atoms with E-state index in [4.69, 9.17) is 5.73 Å². The van der Waals surface area contributed by atoms with Gasteiger partial charge >= 0.3 is 0 Å². The molecule has 0 fully saturated rings. The first-order valence-corrected chi connectivity index (χ1v) is 7.08. The monoisotopic (exact) mass is 291 g/mol. The molecule has 0 aliphatic carbocycles. The number of aromatic nitrogens is 2. The van der Waals surface area contributed by atoms with Crippen LogP contribution in [0.3, 0.4) is 0 Å². The highest BCUT2D eigenvalue weighted by atomic mass is 16.1. The number of hydrogen-bond acceptors (Lipinski definition) is 3. The number of H-pyrrole nitrogens is 1. The van der Waals surface area contributed by atoms with E-state index in [-0.39, 0.29) is 5.56 Å². The van der Waals surface area contributed by atoms with Crippen LogP contribution >= 0.6 is 0 Å². The zero-order valence-corrected chi connectivity index (χ0v) is 12.6. The van der Waals surface area contributed by atoms with E-state index in [9.17, 15) is 4.79 Å². The summed E-state index contributed by atoms with van der Waals surface area (Å²) in [6.45, 7) is 3.94. The van der Waals surface area contributed by atoms with Gasteiger partial charge in [0.25, 0.3) is 5.56 Å². The highest BCUT2D eigenvalue weighted by Gasteiger charge is 2.08. The van der Waals surface area contributed by atoms with E-state index in [0.29, 0.717) is 17.2 Å².